The number of rotatable bonds is 4. The highest BCUT2D eigenvalue weighted by atomic mass is 16.5. The van der Waals surface area contributed by atoms with Gasteiger partial charge >= 0.3 is 0 Å². The van der Waals surface area contributed by atoms with Gasteiger partial charge in [-0.15, -0.1) is 0 Å². The molecule has 1 aliphatic heterocycles. The van der Waals surface area contributed by atoms with Gasteiger partial charge in [0.25, 0.3) is 5.91 Å². The van der Waals surface area contributed by atoms with Crippen molar-refractivity contribution in [1.82, 2.24) is 15.0 Å². The summed E-state index contributed by atoms with van der Waals surface area (Å²) in [4.78, 5) is 21.7. The smallest absolute Gasteiger partial charge is 0.259 e. The average Bonchev–Trinajstić information content (AvgIpc) is 3.01. The first-order valence-corrected chi connectivity index (χ1v) is 8.92. The van der Waals surface area contributed by atoms with E-state index < -0.39 is 0 Å². The van der Waals surface area contributed by atoms with Crippen LogP contribution in [0.2, 0.25) is 0 Å². The Balaban J connectivity index is 1.76. The Bertz CT molecular complexity index is 756. The molecular weight excluding hydrogens is 316 g/mol. The molecule has 0 N–H and O–H groups in total. The second-order valence-electron chi connectivity index (χ2n) is 6.71. The molecule has 0 aromatic carbocycles. The van der Waals surface area contributed by atoms with Gasteiger partial charge in [-0.3, -0.25) is 4.79 Å². The molecule has 1 amide bonds. The fourth-order valence-electron chi connectivity index (χ4n) is 3.46. The molecule has 0 unspecified atom stereocenters. The van der Waals surface area contributed by atoms with Gasteiger partial charge in [0.1, 0.15) is 17.1 Å². The minimum atomic E-state index is -0.000323. The highest BCUT2D eigenvalue weighted by Crippen LogP contribution is 2.23. The van der Waals surface area contributed by atoms with Crippen LogP contribution in [0.3, 0.4) is 0 Å². The number of aryl methyl sites for hydroxylation is 3. The molecule has 3 heterocycles. The summed E-state index contributed by atoms with van der Waals surface area (Å²) in [6.45, 7) is 7.56. The predicted octanol–water partition coefficient (Wildman–Crippen LogP) is 2.99. The molecule has 6 heteroatoms. The van der Waals surface area contributed by atoms with Crippen molar-refractivity contribution in [2.75, 3.05) is 25.0 Å². The van der Waals surface area contributed by atoms with Crippen molar-refractivity contribution in [3.63, 3.8) is 0 Å². The molecule has 1 atom stereocenters. The number of pyridine rings is 1. The highest BCUT2D eigenvalue weighted by molar-refractivity contribution is 5.96. The number of hydrogen-bond donors (Lipinski definition) is 0. The lowest BCUT2D eigenvalue weighted by molar-refractivity contribution is 0.0714. The number of carbonyl (C=O) groups is 1. The summed E-state index contributed by atoms with van der Waals surface area (Å²) in [5.41, 5.74) is 2.37. The lowest BCUT2D eigenvalue weighted by Crippen LogP contribution is -2.49. The number of anilines is 1. The van der Waals surface area contributed by atoms with E-state index in [2.05, 4.69) is 15.0 Å². The van der Waals surface area contributed by atoms with E-state index in [0.717, 1.165) is 43.1 Å². The SMILES string of the molecule is CCc1noc(C)c1C(=O)N(C)[C@H]1CCCN(c2cccc(C)n2)C1. The second kappa shape index (κ2) is 7.25. The molecule has 2 aromatic heterocycles. The van der Waals surface area contributed by atoms with Crippen LogP contribution >= 0.6 is 0 Å². The van der Waals surface area contributed by atoms with E-state index in [0.29, 0.717) is 17.7 Å². The number of aromatic nitrogens is 2. The second-order valence-corrected chi connectivity index (χ2v) is 6.71. The molecule has 2 aromatic rings. The molecule has 0 radical (unpaired) electrons. The van der Waals surface area contributed by atoms with Crippen molar-refractivity contribution in [2.45, 2.75) is 46.1 Å². The van der Waals surface area contributed by atoms with Gasteiger partial charge in [0, 0.05) is 31.9 Å². The summed E-state index contributed by atoms with van der Waals surface area (Å²) < 4.78 is 5.23. The zero-order valence-corrected chi connectivity index (χ0v) is 15.5. The summed E-state index contributed by atoms with van der Waals surface area (Å²) in [5.74, 6) is 1.59. The Morgan fingerprint density at radius 3 is 2.92 bits per heavy atom. The van der Waals surface area contributed by atoms with E-state index in [4.69, 9.17) is 4.52 Å². The van der Waals surface area contributed by atoms with Crippen molar-refractivity contribution in [1.29, 1.82) is 0 Å². The van der Waals surface area contributed by atoms with Crippen molar-refractivity contribution in [2.24, 2.45) is 0 Å². The van der Waals surface area contributed by atoms with E-state index >= 15 is 0 Å². The number of likely N-dealkylation sites (N-methyl/N-ethyl adjacent to an activating group) is 1. The van der Waals surface area contributed by atoms with Crippen LogP contribution in [0.5, 0.6) is 0 Å². The van der Waals surface area contributed by atoms with Crippen molar-refractivity contribution >= 4 is 11.7 Å². The molecule has 134 valence electrons. The average molecular weight is 342 g/mol. The van der Waals surface area contributed by atoms with E-state index in [1.54, 1.807) is 6.92 Å². The lowest BCUT2D eigenvalue weighted by atomic mass is 10.0. The maximum absolute atomic E-state index is 13.0. The van der Waals surface area contributed by atoms with Gasteiger partial charge in [0.15, 0.2) is 0 Å². The molecule has 0 bridgehead atoms. The van der Waals surface area contributed by atoms with Crippen LogP contribution < -0.4 is 4.90 Å². The molecule has 0 spiro atoms. The minimum Gasteiger partial charge on any atom is -0.361 e. The molecule has 6 nitrogen and oxygen atoms in total. The van der Waals surface area contributed by atoms with E-state index in [-0.39, 0.29) is 11.9 Å². The Labute approximate surface area is 148 Å². The van der Waals surface area contributed by atoms with Gasteiger partial charge in [-0.2, -0.15) is 0 Å². The Morgan fingerprint density at radius 2 is 2.20 bits per heavy atom. The highest BCUT2D eigenvalue weighted by Gasteiger charge is 2.30. The molecule has 3 rings (SSSR count). The van der Waals surface area contributed by atoms with Gasteiger partial charge in [-0.25, -0.2) is 4.98 Å². The van der Waals surface area contributed by atoms with Crippen LogP contribution in [0, 0.1) is 13.8 Å². The van der Waals surface area contributed by atoms with Gasteiger partial charge in [-0.05, 0) is 45.2 Å². The standard InChI is InChI=1S/C19H26N4O2/c1-5-16-18(14(3)25-21-16)19(24)22(4)15-9-7-11-23(12-15)17-10-6-8-13(2)20-17/h6,8,10,15H,5,7,9,11-12H2,1-4H3/t15-/m0/s1. The molecule has 25 heavy (non-hydrogen) atoms. The molecule has 0 aliphatic carbocycles. The van der Waals surface area contributed by atoms with Crippen LogP contribution in [-0.4, -0.2) is 47.1 Å². The molecule has 1 aliphatic rings. The molecular formula is C19H26N4O2. The fourth-order valence-corrected chi connectivity index (χ4v) is 3.46. The van der Waals surface area contributed by atoms with Gasteiger partial charge in [0.2, 0.25) is 0 Å². The maximum Gasteiger partial charge on any atom is 0.259 e. The van der Waals surface area contributed by atoms with Crippen LogP contribution in [0.25, 0.3) is 0 Å². The third kappa shape index (κ3) is 3.52. The van der Waals surface area contributed by atoms with Crippen LogP contribution in [-0.2, 0) is 6.42 Å². The summed E-state index contributed by atoms with van der Waals surface area (Å²) in [6.07, 6.45) is 2.73. The summed E-state index contributed by atoms with van der Waals surface area (Å²) in [7, 11) is 1.88. The third-order valence-electron chi connectivity index (χ3n) is 4.94. The first kappa shape index (κ1) is 17.5. The summed E-state index contributed by atoms with van der Waals surface area (Å²) in [6, 6.07) is 6.23. The zero-order chi connectivity index (χ0) is 18.0. The summed E-state index contributed by atoms with van der Waals surface area (Å²) >= 11 is 0. The zero-order valence-electron chi connectivity index (χ0n) is 15.5. The maximum atomic E-state index is 13.0. The Morgan fingerprint density at radius 1 is 1.40 bits per heavy atom. The van der Waals surface area contributed by atoms with Gasteiger partial charge < -0.3 is 14.3 Å². The number of piperidine rings is 1. The van der Waals surface area contributed by atoms with Crippen LogP contribution in [0.1, 0.15) is 47.3 Å². The van der Waals surface area contributed by atoms with Gasteiger partial charge in [0.05, 0.1) is 5.69 Å². The largest absolute Gasteiger partial charge is 0.361 e. The van der Waals surface area contributed by atoms with Crippen molar-refractivity contribution < 1.29 is 9.32 Å². The van der Waals surface area contributed by atoms with Crippen LogP contribution in [0.4, 0.5) is 5.82 Å². The predicted molar refractivity (Wildman–Crippen MR) is 96.9 cm³/mol. The Hall–Kier alpha value is -2.37. The summed E-state index contributed by atoms with van der Waals surface area (Å²) in [5, 5.41) is 4.01. The first-order chi connectivity index (χ1) is 12.0. The fraction of sp³-hybridized carbons (Fsp3) is 0.526. The van der Waals surface area contributed by atoms with Crippen molar-refractivity contribution in [3.05, 3.63) is 40.9 Å². The van der Waals surface area contributed by atoms with Gasteiger partial charge in [-0.1, -0.05) is 18.1 Å². The Kier molecular flexibility index (Phi) is 5.06. The lowest BCUT2D eigenvalue weighted by Gasteiger charge is -2.38. The van der Waals surface area contributed by atoms with Crippen molar-refractivity contribution in [3.8, 4) is 0 Å². The van der Waals surface area contributed by atoms with E-state index in [1.807, 2.05) is 44.0 Å². The number of carbonyl (C=O) groups excluding carboxylic acids is 1. The topological polar surface area (TPSA) is 62.5 Å². The molecule has 1 saturated heterocycles. The first-order valence-electron chi connectivity index (χ1n) is 8.92. The third-order valence-corrected chi connectivity index (χ3v) is 4.94. The molecule has 0 saturated carbocycles. The normalized spacial score (nSPS) is 17.6. The number of nitrogens with zero attached hydrogens (tertiary/aromatic N) is 4. The monoisotopic (exact) mass is 342 g/mol. The van der Waals surface area contributed by atoms with Crippen LogP contribution in [0.15, 0.2) is 22.7 Å². The minimum absolute atomic E-state index is 0.000323. The van der Waals surface area contributed by atoms with E-state index in [1.165, 1.54) is 0 Å². The number of hydrogen-bond acceptors (Lipinski definition) is 5. The van der Waals surface area contributed by atoms with E-state index in [9.17, 15) is 4.79 Å². The quantitative estimate of drug-likeness (QED) is 0.855. The number of amides is 1. The molecule has 1 fully saturated rings.